The van der Waals surface area contributed by atoms with E-state index in [1.165, 1.54) is 23.9 Å². The summed E-state index contributed by atoms with van der Waals surface area (Å²) >= 11 is 1.82. The van der Waals surface area contributed by atoms with E-state index < -0.39 is 22.9 Å². The third-order valence-corrected chi connectivity index (χ3v) is 3.35. The molecule has 1 aromatic carbocycles. The Morgan fingerprint density at radius 3 is 2.53 bits per heavy atom. The highest BCUT2D eigenvalue weighted by molar-refractivity contribution is 14.1. The summed E-state index contributed by atoms with van der Waals surface area (Å²) in [5.41, 5.74) is -0.608. The zero-order valence-corrected chi connectivity index (χ0v) is 12.0. The smallest absolute Gasteiger partial charge is 0.302 e. The summed E-state index contributed by atoms with van der Waals surface area (Å²) < 4.78 is 28.5. The van der Waals surface area contributed by atoms with Gasteiger partial charge in [0.2, 0.25) is 0 Å². The quantitative estimate of drug-likeness (QED) is 0.744. The normalized spacial score (nSPS) is 10.7. The van der Waals surface area contributed by atoms with Gasteiger partial charge in [-0.1, -0.05) is 6.07 Å². The van der Waals surface area contributed by atoms with Gasteiger partial charge < -0.3 is 4.57 Å². The van der Waals surface area contributed by atoms with Gasteiger partial charge in [-0.15, -0.1) is 0 Å². The Morgan fingerprint density at radius 2 is 1.89 bits per heavy atom. The SMILES string of the molecule is Cn1cc(I)c(=O)n(Cc2ccc(F)c(F)c2)c1=O. The first-order valence-electron chi connectivity index (χ1n) is 5.30. The Hall–Kier alpha value is -1.51. The maximum Gasteiger partial charge on any atom is 0.331 e. The van der Waals surface area contributed by atoms with Crippen LogP contribution in [0.15, 0.2) is 34.0 Å². The Bertz CT molecular complexity index is 718. The first-order chi connectivity index (χ1) is 8.90. The number of rotatable bonds is 2. The van der Waals surface area contributed by atoms with Crippen LogP contribution in [-0.2, 0) is 13.6 Å². The van der Waals surface area contributed by atoms with Gasteiger partial charge in [0, 0.05) is 13.2 Å². The molecule has 7 heteroatoms. The highest BCUT2D eigenvalue weighted by Gasteiger charge is 2.10. The highest BCUT2D eigenvalue weighted by Crippen LogP contribution is 2.09. The molecule has 2 rings (SSSR count). The number of hydrogen-bond donors (Lipinski definition) is 0. The largest absolute Gasteiger partial charge is 0.331 e. The molecule has 0 unspecified atom stereocenters. The number of nitrogens with zero attached hydrogens (tertiary/aromatic N) is 2. The molecular weight excluding hydrogens is 369 g/mol. The molecular formula is C12H9F2IN2O2. The predicted molar refractivity (Wildman–Crippen MR) is 74.1 cm³/mol. The zero-order valence-electron chi connectivity index (χ0n) is 9.86. The van der Waals surface area contributed by atoms with E-state index in [-0.39, 0.29) is 6.54 Å². The van der Waals surface area contributed by atoms with E-state index in [9.17, 15) is 18.4 Å². The van der Waals surface area contributed by atoms with Crippen LogP contribution >= 0.6 is 22.6 Å². The van der Waals surface area contributed by atoms with Crippen molar-refractivity contribution in [2.24, 2.45) is 7.05 Å². The molecule has 1 heterocycles. The van der Waals surface area contributed by atoms with Crippen molar-refractivity contribution in [3.63, 3.8) is 0 Å². The van der Waals surface area contributed by atoms with Crippen molar-refractivity contribution in [3.8, 4) is 0 Å². The van der Waals surface area contributed by atoms with Crippen molar-refractivity contribution in [1.82, 2.24) is 9.13 Å². The minimum Gasteiger partial charge on any atom is -0.302 e. The molecule has 0 spiro atoms. The van der Waals surface area contributed by atoms with E-state index in [1.54, 1.807) is 0 Å². The molecule has 4 nitrogen and oxygen atoms in total. The highest BCUT2D eigenvalue weighted by atomic mass is 127. The van der Waals surface area contributed by atoms with Gasteiger partial charge >= 0.3 is 5.69 Å². The van der Waals surface area contributed by atoms with Crippen LogP contribution in [0.25, 0.3) is 0 Å². The first-order valence-corrected chi connectivity index (χ1v) is 6.38. The van der Waals surface area contributed by atoms with Gasteiger partial charge in [-0.2, -0.15) is 0 Å². The van der Waals surface area contributed by atoms with Crippen molar-refractivity contribution >= 4 is 22.6 Å². The Balaban J connectivity index is 2.52. The maximum absolute atomic E-state index is 13.1. The van der Waals surface area contributed by atoms with E-state index in [2.05, 4.69) is 0 Å². The Kier molecular flexibility index (Phi) is 3.83. The second-order valence-electron chi connectivity index (χ2n) is 4.01. The molecule has 0 atom stereocenters. The maximum atomic E-state index is 13.1. The average Bonchev–Trinajstić information content (AvgIpc) is 2.36. The number of aryl methyl sites for hydroxylation is 1. The van der Waals surface area contributed by atoms with Crippen molar-refractivity contribution in [2.75, 3.05) is 0 Å². The summed E-state index contributed by atoms with van der Waals surface area (Å²) in [4.78, 5) is 23.7. The summed E-state index contributed by atoms with van der Waals surface area (Å²) in [6.07, 6.45) is 1.42. The van der Waals surface area contributed by atoms with Crippen LogP contribution in [0.1, 0.15) is 5.56 Å². The zero-order chi connectivity index (χ0) is 14.2. The number of hydrogen-bond acceptors (Lipinski definition) is 2. The van der Waals surface area contributed by atoms with Crippen molar-refractivity contribution < 1.29 is 8.78 Å². The van der Waals surface area contributed by atoms with Crippen LogP contribution in [-0.4, -0.2) is 9.13 Å². The molecule has 0 aliphatic heterocycles. The van der Waals surface area contributed by atoms with Gasteiger partial charge in [-0.25, -0.2) is 13.6 Å². The van der Waals surface area contributed by atoms with E-state index in [1.807, 2.05) is 22.6 Å². The molecule has 0 aliphatic carbocycles. The molecule has 0 bridgehead atoms. The summed E-state index contributed by atoms with van der Waals surface area (Å²) in [6.45, 7) is -0.0977. The lowest BCUT2D eigenvalue weighted by atomic mass is 10.2. The monoisotopic (exact) mass is 378 g/mol. The number of halogens is 3. The molecule has 2 aromatic rings. The first kappa shape index (κ1) is 13.9. The summed E-state index contributed by atoms with van der Waals surface area (Å²) in [5, 5.41) is 0. The minimum absolute atomic E-state index is 0.0977. The molecule has 100 valence electrons. The van der Waals surface area contributed by atoms with Crippen molar-refractivity contribution in [1.29, 1.82) is 0 Å². The molecule has 0 saturated heterocycles. The summed E-state index contributed by atoms with van der Waals surface area (Å²) in [7, 11) is 1.52. The standard InChI is InChI=1S/C12H9F2IN2O2/c1-16-6-10(15)11(18)17(12(16)19)5-7-2-3-8(13)9(14)4-7/h2-4,6H,5H2,1H3. The molecule has 0 saturated carbocycles. The topological polar surface area (TPSA) is 44.0 Å². The van der Waals surface area contributed by atoms with Crippen LogP contribution < -0.4 is 11.2 Å². The fraction of sp³-hybridized carbons (Fsp3) is 0.167. The van der Waals surface area contributed by atoms with Crippen LogP contribution in [0.2, 0.25) is 0 Å². The van der Waals surface area contributed by atoms with Gasteiger partial charge in [0.05, 0.1) is 10.1 Å². The van der Waals surface area contributed by atoms with Gasteiger partial charge in [-0.3, -0.25) is 9.36 Å². The van der Waals surface area contributed by atoms with Gasteiger partial charge in [-0.05, 0) is 40.3 Å². The third kappa shape index (κ3) is 2.75. The molecule has 0 radical (unpaired) electrons. The van der Waals surface area contributed by atoms with Crippen LogP contribution in [0, 0.1) is 15.2 Å². The molecule has 0 amide bonds. The molecule has 0 aliphatic rings. The lowest BCUT2D eigenvalue weighted by Crippen LogP contribution is -2.40. The summed E-state index contributed by atoms with van der Waals surface area (Å²) in [5.74, 6) is -1.97. The number of aromatic nitrogens is 2. The van der Waals surface area contributed by atoms with E-state index in [0.717, 1.165) is 16.7 Å². The minimum atomic E-state index is -1.01. The lowest BCUT2D eigenvalue weighted by molar-refractivity contribution is 0.505. The number of benzene rings is 1. The second-order valence-corrected chi connectivity index (χ2v) is 5.17. The van der Waals surface area contributed by atoms with Crippen molar-refractivity contribution in [2.45, 2.75) is 6.54 Å². The van der Waals surface area contributed by atoms with Crippen LogP contribution in [0.3, 0.4) is 0 Å². The van der Waals surface area contributed by atoms with E-state index in [4.69, 9.17) is 0 Å². The van der Waals surface area contributed by atoms with Crippen molar-refractivity contribution in [3.05, 3.63) is 66.0 Å². The molecule has 0 fully saturated rings. The van der Waals surface area contributed by atoms with Crippen LogP contribution in [0.4, 0.5) is 8.78 Å². The molecule has 0 N–H and O–H groups in total. The lowest BCUT2D eigenvalue weighted by Gasteiger charge is -2.08. The fourth-order valence-corrected chi connectivity index (χ4v) is 2.36. The van der Waals surface area contributed by atoms with Gasteiger partial charge in [0.15, 0.2) is 11.6 Å². The molecule has 19 heavy (non-hydrogen) atoms. The average molecular weight is 378 g/mol. The fourth-order valence-electron chi connectivity index (χ4n) is 1.65. The predicted octanol–water partition coefficient (Wildman–Crippen LogP) is 1.48. The third-order valence-electron chi connectivity index (χ3n) is 2.61. The van der Waals surface area contributed by atoms with Gasteiger partial charge in [0.1, 0.15) is 0 Å². The molecule has 1 aromatic heterocycles. The van der Waals surface area contributed by atoms with Gasteiger partial charge in [0.25, 0.3) is 5.56 Å². The Labute approximate surface area is 120 Å². The van der Waals surface area contributed by atoms with Crippen LogP contribution in [0.5, 0.6) is 0 Å². The van der Waals surface area contributed by atoms with E-state index in [0.29, 0.717) is 9.13 Å². The second kappa shape index (κ2) is 5.24. The van der Waals surface area contributed by atoms with E-state index >= 15 is 0 Å². The summed E-state index contributed by atoms with van der Waals surface area (Å²) in [6, 6.07) is 3.28. The Morgan fingerprint density at radius 1 is 1.21 bits per heavy atom.